The number of hydrogen-bond acceptors (Lipinski definition) is 2. The molecule has 0 saturated carbocycles. The molecule has 1 nitrogen and oxygen atoms in total. The molecule has 1 aromatic carbocycles. The number of rotatable bonds is 6. The van der Waals surface area contributed by atoms with Crippen molar-refractivity contribution in [1.82, 2.24) is 5.32 Å². The Morgan fingerprint density at radius 1 is 1.33 bits per heavy atom. The molecule has 1 unspecified atom stereocenters. The molecule has 1 heterocycles. The summed E-state index contributed by atoms with van der Waals surface area (Å²) in [6.07, 6.45) is 1.34. The van der Waals surface area contributed by atoms with Crippen molar-refractivity contribution >= 4 is 22.9 Å². The Hall–Kier alpha value is -0.970. The monoisotopic (exact) mass is 329 g/mol. The predicted molar refractivity (Wildman–Crippen MR) is 85.2 cm³/mol. The van der Waals surface area contributed by atoms with Crippen molar-refractivity contribution < 1.29 is 8.78 Å². The maximum Gasteiger partial charge on any atom is 0.162 e. The zero-order valence-electron chi connectivity index (χ0n) is 12.1. The highest BCUT2D eigenvalue weighted by atomic mass is 35.5. The molecule has 0 amide bonds. The van der Waals surface area contributed by atoms with Crippen molar-refractivity contribution in [3.63, 3.8) is 0 Å². The van der Waals surface area contributed by atoms with Crippen LogP contribution in [0.1, 0.15) is 35.4 Å². The van der Waals surface area contributed by atoms with Gasteiger partial charge in [-0.15, -0.1) is 11.3 Å². The van der Waals surface area contributed by atoms with Crippen LogP contribution in [0.15, 0.2) is 23.6 Å². The van der Waals surface area contributed by atoms with Crippen molar-refractivity contribution in [3.8, 4) is 0 Å². The highest BCUT2D eigenvalue weighted by Crippen LogP contribution is 2.34. The Kier molecular flexibility index (Phi) is 5.73. The summed E-state index contributed by atoms with van der Waals surface area (Å²) in [6, 6.07) is 4.18. The molecule has 5 heteroatoms. The van der Waals surface area contributed by atoms with Crippen LogP contribution in [0.3, 0.4) is 0 Å². The highest BCUT2D eigenvalue weighted by Gasteiger charge is 2.20. The first kappa shape index (κ1) is 16.4. The molecule has 1 aromatic heterocycles. The molecule has 0 saturated heterocycles. The van der Waals surface area contributed by atoms with E-state index in [1.807, 2.05) is 12.3 Å². The van der Waals surface area contributed by atoms with Crippen molar-refractivity contribution in [3.05, 3.63) is 56.2 Å². The van der Waals surface area contributed by atoms with E-state index in [1.54, 1.807) is 17.4 Å². The van der Waals surface area contributed by atoms with E-state index >= 15 is 0 Å². The van der Waals surface area contributed by atoms with Crippen LogP contribution >= 0.6 is 22.9 Å². The summed E-state index contributed by atoms with van der Waals surface area (Å²) in [5.74, 6) is -1.58. The number of benzene rings is 1. The molecule has 21 heavy (non-hydrogen) atoms. The molecule has 0 aliphatic rings. The van der Waals surface area contributed by atoms with Crippen LogP contribution in [0, 0.1) is 18.6 Å². The number of hydrogen-bond donors (Lipinski definition) is 1. The van der Waals surface area contributed by atoms with Gasteiger partial charge in [-0.25, -0.2) is 8.78 Å². The van der Waals surface area contributed by atoms with E-state index in [-0.39, 0.29) is 6.04 Å². The van der Waals surface area contributed by atoms with Crippen LogP contribution in [-0.2, 0) is 6.42 Å². The lowest BCUT2D eigenvalue weighted by Gasteiger charge is -2.18. The minimum atomic E-state index is -0.810. The molecule has 2 aromatic rings. The molecule has 2 rings (SSSR count). The van der Waals surface area contributed by atoms with Crippen molar-refractivity contribution in [1.29, 1.82) is 0 Å². The van der Waals surface area contributed by atoms with Gasteiger partial charge in [-0.05, 0) is 48.9 Å². The van der Waals surface area contributed by atoms with Gasteiger partial charge in [0.15, 0.2) is 11.6 Å². The molecule has 1 N–H and O–H groups in total. The Labute approximate surface area is 133 Å². The van der Waals surface area contributed by atoms with Crippen molar-refractivity contribution in [2.24, 2.45) is 0 Å². The number of aryl methyl sites for hydroxylation is 1. The zero-order chi connectivity index (χ0) is 15.4. The number of thiophene rings is 1. The maximum atomic E-state index is 13.9. The molecule has 0 radical (unpaired) electrons. The van der Waals surface area contributed by atoms with Gasteiger partial charge in [0.05, 0.1) is 5.02 Å². The fraction of sp³-hybridized carbons (Fsp3) is 0.375. The molecule has 0 spiro atoms. The Morgan fingerprint density at radius 2 is 2.10 bits per heavy atom. The molecule has 114 valence electrons. The first-order chi connectivity index (χ1) is 10.0. The standard InChI is InChI=1S/C16H18ClF2NS/c1-3-7-20-13(16-14(17)10(2)9-21-16)8-11-5-4-6-12(18)15(11)19/h4-6,9,13,20H,3,7-8H2,1-2H3. The largest absolute Gasteiger partial charge is 0.309 e. The van der Waals surface area contributed by atoms with Gasteiger partial charge in [0.2, 0.25) is 0 Å². The second kappa shape index (κ2) is 7.34. The lowest BCUT2D eigenvalue weighted by atomic mass is 10.0. The van der Waals surface area contributed by atoms with E-state index < -0.39 is 11.6 Å². The second-order valence-electron chi connectivity index (χ2n) is 5.02. The van der Waals surface area contributed by atoms with Gasteiger partial charge in [-0.1, -0.05) is 30.7 Å². The number of nitrogens with one attached hydrogen (secondary N) is 1. The third-order valence-corrected chi connectivity index (χ3v) is 5.17. The number of halogens is 3. The highest BCUT2D eigenvalue weighted by molar-refractivity contribution is 7.10. The van der Waals surface area contributed by atoms with E-state index in [2.05, 4.69) is 12.2 Å². The first-order valence-electron chi connectivity index (χ1n) is 6.94. The summed E-state index contributed by atoms with van der Waals surface area (Å²) >= 11 is 7.88. The van der Waals surface area contributed by atoms with E-state index in [4.69, 9.17) is 11.6 Å². The van der Waals surface area contributed by atoms with Gasteiger partial charge in [0.25, 0.3) is 0 Å². The van der Waals surface area contributed by atoms with Crippen LogP contribution in [-0.4, -0.2) is 6.54 Å². The zero-order valence-corrected chi connectivity index (χ0v) is 13.6. The topological polar surface area (TPSA) is 12.0 Å². The second-order valence-corrected chi connectivity index (χ2v) is 6.31. The fourth-order valence-electron chi connectivity index (χ4n) is 2.19. The summed E-state index contributed by atoms with van der Waals surface area (Å²) < 4.78 is 27.2. The van der Waals surface area contributed by atoms with Gasteiger partial charge in [-0.2, -0.15) is 0 Å². The molecule has 0 aliphatic heterocycles. The first-order valence-corrected chi connectivity index (χ1v) is 8.20. The molecule has 0 aliphatic carbocycles. The smallest absolute Gasteiger partial charge is 0.162 e. The quantitative estimate of drug-likeness (QED) is 0.761. The van der Waals surface area contributed by atoms with Gasteiger partial charge in [0, 0.05) is 10.9 Å². The van der Waals surface area contributed by atoms with Crippen LogP contribution in [0.5, 0.6) is 0 Å². The average Bonchev–Trinajstić information content (AvgIpc) is 2.80. The fourth-order valence-corrected chi connectivity index (χ4v) is 3.59. The molecule has 0 fully saturated rings. The van der Waals surface area contributed by atoms with E-state index in [9.17, 15) is 8.78 Å². The lowest BCUT2D eigenvalue weighted by Crippen LogP contribution is -2.24. The Balaban J connectivity index is 2.28. The molecular formula is C16H18ClF2NS. The van der Waals surface area contributed by atoms with Gasteiger partial charge < -0.3 is 5.32 Å². The van der Waals surface area contributed by atoms with Crippen LogP contribution in [0.2, 0.25) is 5.02 Å². The van der Waals surface area contributed by atoms with Gasteiger partial charge >= 0.3 is 0 Å². The Bertz CT molecular complexity index is 612. The van der Waals surface area contributed by atoms with Crippen LogP contribution < -0.4 is 5.32 Å². The van der Waals surface area contributed by atoms with Gasteiger partial charge in [0.1, 0.15) is 0 Å². The van der Waals surface area contributed by atoms with Gasteiger partial charge in [-0.3, -0.25) is 0 Å². The van der Waals surface area contributed by atoms with E-state index in [0.717, 1.165) is 29.5 Å². The summed E-state index contributed by atoms with van der Waals surface area (Å²) in [5, 5.41) is 6.07. The van der Waals surface area contributed by atoms with E-state index in [1.165, 1.54) is 6.07 Å². The van der Waals surface area contributed by atoms with Crippen LogP contribution in [0.4, 0.5) is 8.78 Å². The summed E-state index contributed by atoms with van der Waals surface area (Å²) in [4.78, 5) is 0.978. The Morgan fingerprint density at radius 3 is 2.71 bits per heavy atom. The third-order valence-electron chi connectivity index (χ3n) is 3.34. The normalized spacial score (nSPS) is 12.6. The molecular weight excluding hydrogens is 312 g/mol. The van der Waals surface area contributed by atoms with Crippen molar-refractivity contribution in [2.45, 2.75) is 32.7 Å². The SMILES string of the molecule is CCCNC(Cc1cccc(F)c1F)c1scc(C)c1Cl. The minimum Gasteiger partial charge on any atom is -0.309 e. The lowest BCUT2D eigenvalue weighted by molar-refractivity contribution is 0.479. The predicted octanol–water partition coefficient (Wildman–Crippen LogP) is 5.27. The van der Waals surface area contributed by atoms with E-state index in [0.29, 0.717) is 17.0 Å². The molecule has 1 atom stereocenters. The van der Waals surface area contributed by atoms with Crippen molar-refractivity contribution in [2.75, 3.05) is 6.54 Å². The average molecular weight is 330 g/mol. The molecule has 0 bridgehead atoms. The summed E-state index contributed by atoms with van der Waals surface area (Å²) in [7, 11) is 0. The van der Waals surface area contributed by atoms with Crippen LogP contribution in [0.25, 0.3) is 0 Å². The maximum absolute atomic E-state index is 13.9. The summed E-state index contributed by atoms with van der Waals surface area (Å²) in [5.41, 5.74) is 1.38. The summed E-state index contributed by atoms with van der Waals surface area (Å²) in [6.45, 7) is 4.81. The third kappa shape index (κ3) is 3.82. The minimum absolute atomic E-state index is 0.104.